The zero-order valence-electron chi connectivity index (χ0n) is 13.8. The van der Waals surface area contributed by atoms with E-state index in [4.69, 9.17) is 0 Å². The van der Waals surface area contributed by atoms with E-state index in [-0.39, 0.29) is 5.91 Å². The molecule has 0 radical (unpaired) electrons. The van der Waals surface area contributed by atoms with E-state index in [0.29, 0.717) is 12.4 Å². The molecular formula is C19H19N5O. The van der Waals surface area contributed by atoms with E-state index in [2.05, 4.69) is 31.5 Å². The molecule has 1 saturated carbocycles. The molecule has 6 heteroatoms. The molecule has 5 rings (SSSR count). The van der Waals surface area contributed by atoms with Crippen LogP contribution in [0.1, 0.15) is 6.42 Å². The van der Waals surface area contributed by atoms with Crippen LogP contribution in [0.3, 0.4) is 0 Å². The molecule has 1 aromatic carbocycles. The molecule has 1 amide bonds. The number of piperidine rings is 1. The predicted octanol–water partition coefficient (Wildman–Crippen LogP) is 2.52. The standard InChI is InChI=1S/C19H19N5O/c25-19(11-24-9-15-4-16(15)10-24)23-18-5-14-3-12(17-7-21-22-8-17)1-2-13(14)6-20-18/h1-3,5-8,15-16H,4,9-11H2,(H,21,22)(H,20,23,25). The molecule has 1 aliphatic heterocycles. The number of carbonyl (C=O) groups is 1. The van der Waals surface area contributed by atoms with Crippen molar-refractivity contribution in [2.24, 2.45) is 11.8 Å². The third-order valence-electron chi connectivity index (χ3n) is 5.24. The summed E-state index contributed by atoms with van der Waals surface area (Å²) in [7, 11) is 0. The van der Waals surface area contributed by atoms with Gasteiger partial charge in [0.2, 0.25) is 5.91 Å². The number of amides is 1. The molecule has 2 N–H and O–H groups in total. The lowest BCUT2D eigenvalue weighted by Crippen LogP contribution is -2.32. The quantitative estimate of drug-likeness (QED) is 0.769. The van der Waals surface area contributed by atoms with Gasteiger partial charge in [-0.05, 0) is 41.3 Å². The van der Waals surface area contributed by atoms with Crippen molar-refractivity contribution >= 4 is 22.5 Å². The molecule has 0 bridgehead atoms. The van der Waals surface area contributed by atoms with Crippen molar-refractivity contribution in [3.05, 3.63) is 42.9 Å². The summed E-state index contributed by atoms with van der Waals surface area (Å²) in [5.41, 5.74) is 2.12. The molecule has 6 nitrogen and oxygen atoms in total. The Morgan fingerprint density at radius 3 is 2.84 bits per heavy atom. The summed E-state index contributed by atoms with van der Waals surface area (Å²) in [4.78, 5) is 18.9. The fourth-order valence-corrected chi connectivity index (χ4v) is 3.81. The first-order valence-corrected chi connectivity index (χ1v) is 8.66. The molecule has 1 aliphatic carbocycles. The van der Waals surface area contributed by atoms with Crippen molar-refractivity contribution in [1.82, 2.24) is 20.1 Å². The topological polar surface area (TPSA) is 73.9 Å². The van der Waals surface area contributed by atoms with Gasteiger partial charge in [-0.2, -0.15) is 5.10 Å². The number of pyridine rings is 1. The Kier molecular flexibility index (Phi) is 3.31. The van der Waals surface area contributed by atoms with Crippen molar-refractivity contribution in [3.63, 3.8) is 0 Å². The monoisotopic (exact) mass is 333 g/mol. The van der Waals surface area contributed by atoms with Gasteiger partial charge in [0.25, 0.3) is 0 Å². The second kappa shape index (κ2) is 5.67. The first-order chi connectivity index (χ1) is 12.2. The molecule has 2 atom stereocenters. The van der Waals surface area contributed by atoms with Crippen molar-refractivity contribution < 1.29 is 4.79 Å². The number of hydrogen-bond acceptors (Lipinski definition) is 4. The number of H-pyrrole nitrogens is 1. The lowest BCUT2D eigenvalue weighted by molar-refractivity contribution is -0.117. The van der Waals surface area contributed by atoms with Gasteiger partial charge in [-0.3, -0.25) is 14.8 Å². The van der Waals surface area contributed by atoms with Crippen LogP contribution in [0, 0.1) is 11.8 Å². The second-order valence-corrected chi connectivity index (χ2v) is 7.12. The minimum atomic E-state index is 0.0131. The molecule has 2 aromatic heterocycles. The van der Waals surface area contributed by atoms with E-state index in [1.54, 1.807) is 12.4 Å². The maximum Gasteiger partial charge on any atom is 0.239 e. The number of nitrogens with zero attached hydrogens (tertiary/aromatic N) is 3. The summed E-state index contributed by atoms with van der Waals surface area (Å²) in [6.45, 7) is 2.59. The van der Waals surface area contributed by atoms with Gasteiger partial charge in [0.15, 0.2) is 0 Å². The number of likely N-dealkylation sites (tertiary alicyclic amines) is 1. The van der Waals surface area contributed by atoms with Gasteiger partial charge in [0.1, 0.15) is 5.82 Å². The number of rotatable bonds is 4. The van der Waals surface area contributed by atoms with Crippen LogP contribution in [-0.4, -0.2) is 45.6 Å². The second-order valence-electron chi connectivity index (χ2n) is 7.12. The smallest absolute Gasteiger partial charge is 0.239 e. The third kappa shape index (κ3) is 2.89. The van der Waals surface area contributed by atoms with Gasteiger partial charge in [-0.1, -0.05) is 12.1 Å². The Morgan fingerprint density at radius 1 is 1.16 bits per heavy atom. The van der Waals surface area contributed by atoms with Crippen LogP contribution >= 0.6 is 0 Å². The van der Waals surface area contributed by atoms with Crippen LogP contribution in [0.25, 0.3) is 21.9 Å². The van der Waals surface area contributed by atoms with Gasteiger partial charge in [-0.25, -0.2) is 4.98 Å². The van der Waals surface area contributed by atoms with Crippen molar-refractivity contribution in [3.8, 4) is 11.1 Å². The highest BCUT2D eigenvalue weighted by atomic mass is 16.2. The van der Waals surface area contributed by atoms with E-state index >= 15 is 0 Å². The van der Waals surface area contributed by atoms with Crippen LogP contribution in [0.2, 0.25) is 0 Å². The first-order valence-electron chi connectivity index (χ1n) is 8.66. The van der Waals surface area contributed by atoms with E-state index in [0.717, 1.165) is 46.8 Å². The maximum atomic E-state index is 12.3. The highest BCUT2D eigenvalue weighted by Crippen LogP contribution is 2.44. The number of aromatic amines is 1. The van der Waals surface area contributed by atoms with Crippen molar-refractivity contribution in [1.29, 1.82) is 0 Å². The van der Waals surface area contributed by atoms with Gasteiger partial charge in [-0.15, -0.1) is 0 Å². The number of hydrogen-bond donors (Lipinski definition) is 2. The number of carbonyl (C=O) groups excluding carboxylic acids is 1. The molecule has 0 spiro atoms. The van der Waals surface area contributed by atoms with Crippen molar-refractivity contribution in [2.75, 3.05) is 25.0 Å². The Hall–Kier alpha value is -2.73. The molecule has 3 aromatic rings. The van der Waals surface area contributed by atoms with Crippen molar-refractivity contribution in [2.45, 2.75) is 6.42 Å². The fraction of sp³-hybridized carbons (Fsp3) is 0.316. The average Bonchev–Trinajstić information content (AvgIpc) is 3.03. The lowest BCUT2D eigenvalue weighted by atomic mass is 10.1. The largest absolute Gasteiger partial charge is 0.310 e. The van der Waals surface area contributed by atoms with E-state index in [9.17, 15) is 4.79 Å². The molecular weight excluding hydrogens is 314 g/mol. The molecule has 3 heterocycles. The zero-order valence-corrected chi connectivity index (χ0v) is 13.8. The molecule has 2 aliphatic rings. The Labute approximate surface area is 145 Å². The van der Waals surface area contributed by atoms with Crippen LogP contribution in [0.15, 0.2) is 42.9 Å². The molecule has 1 saturated heterocycles. The summed E-state index contributed by atoms with van der Waals surface area (Å²) in [6.07, 6.45) is 6.82. The minimum absolute atomic E-state index is 0.0131. The normalized spacial score (nSPS) is 22.1. The van der Waals surface area contributed by atoms with E-state index in [1.807, 2.05) is 24.4 Å². The summed E-state index contributed by atoms with van der Waals surface area (Å²) >= 11 is 0. The van der Waals surface area contributed by atoms with Crippen LogP contribution < -0.4 is 5.32 Å². The number of nitrogens with one attached hydrogen (secondary N) is 2. The molecule has 126 valence electrons. The van der Waals surface area contributed by atoms with E-state index in [1.165, 1.54) is 6.42 Å². The summed E-state index contributed by atoms with van der Waals surface area (Å²) in [6, 6.07) is 8.10. The van der Waals surface area contributed by atoms with Gasteiger partial charge in [0, 0.05) is 36.4 Å². The third-order valence-corrected chi connectivity index (χ3v) is 5.24. The van der Waals surface area contributed by atoms with Crippen LogP contribution in [0.5, 0.6) is 0 Å². The highest BCUT2D eigenvalue weighted by Gasteiger charge is 2.45. The number of anilines is 1. The number of fused-ring (bicyclic) bond motifs is 2. The van der Waals surface area contributed by atoms with Gasteiger partial charge < -0.3 is 5.32 Å². The highest BCUT2D eigenvalue weighted by molar-refractivity contribution is 5.94. The summed E-state index contributed by atoms with van der Waals surface area (Å²) < 4.78 is 0. The maximum absolute atomic E-state index is 12.3. The Balaban J connectivity index is 1.33. The number of benzene rings is 1. The Bertz CT molecular complexity index is 926. The van der Waals surface area contributed by atoms with Gasteiger partial charge in [0.05, 0.1) is 12.7 Å². The van der Waals surface area contributed by atoms with Crippen LogP contribution in [0.4, 0.5) is 5.82 Å². The minimum Gasteiger partial charge on any atom is -0.310 e. The Morgan fingerprint density at radius 2 is 2.04 bits per heavy atom. The van der Waals surface area contributed by atoms with E-state index < -0.39 is 0 Å². The summed E-state index contributed by atoms with van der Waals surface area (Å²) in [5.74, 6) is 2.30. The SMILES string of the molecule is O=C(CN1CC2CC2C1)Nc1cc2cc(-c3cn[nH]c3)ccc2cn1. The average molecular weight is 333 g/mol. The molecule has 25 heavy (non-hydrogen) atoms. The lowest BCUT2D eigenvalue weighted by Gasteiger charge is -2.16. The predicted molar refractivity (Wildman–Crippen MR) is 96.0 cm³/mol. The fourth-order valence-electron chi connectivity index (χ4n) is 3.81. The summed E-state index contributed by atoms with van der Waals surface area (Å²) in [5, 5.41) is 11.9. The van der Waals surface area contributed by atoms with Crippen LogP contribution in [-0.2, 0) is 4.79 Å². The zero-order chi connectivity index (χ0) is 16.8. The molecule has 2 unspecified atom stereocenters. The molecule has 2 fully saturated rings. The van der Waals surface area contributed by atoms with Gasteiger partial charge >= 0.3 is 0 Å². The number of aromatic nitrogens is 3. The first kappa shape index (κ1) is 14.6.